The van der Waals surface area contributed by atoms with E-state index in [0.29, 0.717) is 11.9 Å². The zero-order chi connectivity index (χ0) is 15.6. The van der Waals surface area contributed by atoms with E-state index >= 15 is 0 Å². The maximum atomic E-state index is 12.6. The van der Waals surface area contributed by atoms with E-state index in [0.717, 1.165) is 18.4 Å². The number of rotatable bonds is 4. The van der Waals surface area contributed by atoms with E-state index in [2.05, 4.69) is 10.0 Å². The Morgan fingerprint density at radius 3 is 2.77 bits per heavy atom. The predicted octanol–water partition coefficient (Wildman–Crippen LogP) is 1.09. The molecular formula is C16H20N2O3S. The van der Waals surface area contributed by atoms with Gasteiger partial charge in [0.15, 0.2) is 0 Å². The summed E-state index contributed by atoms with van der Waals surface area (Å²) in [5, 5.41) is 14.6. The zero-order valence-electron chi connectivity index (χ0n) is 12.2. The van der Waals surface area contributed by atoms with Gasteiger partial charge in [-0.1, -0.05) is 36.4 Å². The first-order valence-electron chi connectivity index (χ1n) is 7.44. The van der Waals surface area contributed by atoms with Crippen molar-refractivity contribution in [3.8, 4) is 0 Å². The van der Waals surface area contributed by atoms with Gasteiger partial charge in [0.25, 0.3) is 0 Å². The maximum Gasteiger partial charge on any atom is 0.241 e. The van der Waals surface area contributed by atoms with Crippen LogP contribution in [0, 0.1) is 5.92 Å². The summed E-state index contributed by atoms with van der Waals surface area (Å²) in [7, 11) is -3.59. The molecule has 1 saturated heterocycles. The van der Waals surface area contributed by atoms with Crippen molar-refractivity contribution in [2.75, 3.05) is 19.6 Å². The van der Waals surface area contributed by atoms with Gasteiger partial charge in [-0.15, -0.1) is 0 Å². The molecule has 1 aliphatic rings. The molecule has 3 rings (SSSR count). The van der Waals surface area contributed by atoms with Crippen LogP contribution < -0.4 is 10.0 Å². The molecule has 0 spiro atoms. The Hall–Kier alpha value is -1.47. The molecule has 0 amide bonds. The molecule has 2 aromatic rings. The third-order valence-electron chi connectivity index (χ3n) is 4.16. The molecule has 0 saturated carbocycles. The minimum absolute atomic E-state index is 0.0500. The van der Waals surface area contributed by atoms with Gasteiger partial charge >= 0.3 is 0 Å². The van der Waals surface area contributed by atoms with Crippen LogP contribution in [-0.2, 0) is 10.0 Å². The lowest BCUT2D eigenvalue weighted by atomic mass is 9.96. The molecule has 1 heterocycles. The Morgan fingerprint density at radius 2 is 1.95 bits per heavy atom. The van der Waals surface area contributed by atoms with Crippen molar-refractivity contribution in [3.63, 3.8) is 0 Å². The monoisotopic (exact) mass is 320 g/mol. The van der Waals surface area contributed by atoms with Gasteiger partial charge < -0.3 is 10.4 Å². The van der Waals surface area contributed by atoms with Crippen LogP contribution in [0.15, 0.2) is 47.4 Å². The molecule has 0 bridgehead atoms. The van der Waals surface area contributed by atoms with Crippen LogP contribution in [0.1, 0.15) is 6.42 Å². The zero-order valence-corrected chi connectivity index (χ0v) is 13.0. The third kappa shape index (κ3) is 3.15. The summed E-state index contributed by atoms with van der Waals surface area (Å²) in [5.74, 6) is -0.0500. The van der Waals surface area contributed by atoms with Gasteiger partial charge in [0.1, 0.15) is 0 Å². The number of nitrogens with one attached hydrogen (secondary N) is 2. The second kappa shape index (κ2) is 6.34. The molecule has 1 aliphatic heterocycles. The smallest absolute Gasteiger partial charge is 0.241 e. The van der Waals surface area contributed by atoms with Crippen molar-refractivity contribution >= 4 is 20.8 Å². The number of hydrogen-bond donors (Lipinski definition) is 3. The van der Waals surface area contributed by atoms with Crippen molar-refractivity contribution in [1.82, 2.24) is 10.0 Å². The molecule has 2 aromatic carbocycles. The average molecular weight is 320 g/mol. The van der Waals surface area contributed by atoms with Crippen LogP contribution in [0.4, 0.5) is 0 Å². The fourth-order valence-electron chi connectivity index (χ4n) is 2.86. The second-order valence-electron chi connectivity index (χ2n) is 5.65. The van der Waals surface area contributed by atoms with Crippen molar-refractivity contribution in [2.45, 2.75) is 17.4 Å². The average Bonchev–Trinajstić information content (AvgIpc) is 2.53. The van der Waals surface area contributed by atoms with Gasteiger partial charge in [0.05, 0.1) is 11.0 Å². The van der Waals surface area contributed by atoms with Crippen LogP contribution in [0.25, 0.3) is 10.8 Å². The molecule has 3 N–H and O–H groups in total. The summed E-state index contributed by atoms with van der Waals surface area (Å²) >= 11 is 0. The molecule has 0 unspecified atom stereocenters. The topological polar surface area (TPSA) is 78.4 Å². The highest BCUT2D eigenvalue weighted by atomic mass is 32.2. The van der Waals surface area contributed by atoms with Gasteiger partial charge in [-0.25, -0.2) is 13.1 Å². The van der Waals surface area contributed by atoms with E-state index in [1.165, 1.54) is 0 Å². The Balaban J connectivity index is 1.83. The van der Waals surface area contributed by atoms with E-state index in [4.69, 9.17) is 0 Å². The Kier molecular flexibility index (Phi) is 4.44. The van der Waals surface area contributed by atoms with E-state index < -0.39 is 16.1 Å². The first-order valence-corrected chi connectivity index (χ1v) is 8.92. The molecule has 5 nitrogen and oxygen atoms in total. The van der Waals surface area contributed by atoms with Crippen molar-refractivity contribution in [1.29, 1.82) is 0 Å². The van der Waals surface area contributed by atoms with Gasteiger partial charge in [-0.05, 0) is 24.4 Å². The van der Waals surface area contributed by atoms with Crippen molar-refractivity contribution in [3.05, 3.63) is 42.5 Å². The molecular weight excluding hydrogens is 300 g/mol. The van der Waals surface area contributed by atoms with Crippen molar-refractivity contribution < 1.29 is 13.5 Å². The highest BCUT2D eigenvalue weighted by molar-refractivity contribution is 7.89. The second-order valence-corrected chi connectivity index (χ2v) is 7.38. The molecule has 0 aromatic heterocycles. The minimum atomic E-state index is -3.59. The maximum absolute atomic E-state index is 12.6. The quantitative estimate of drug-likeness (QED) is 0.788. The first-order chi connectivity index (χ1) is 10.6. The Morgan fingerprint density at radius 1 is 1.18 bits per heavy atom. The van der Waals surface area contributed by atoms with Crippen LogP contribution in [0.5, 0.6) is 0 Å². The molecule has 22 heavy (non-hydrogen) atoms. The third-order valence-corrected chi connectivity index (χ3v) is 5.65. The molecule has 118 valence electrons. The van der Waals surface area contributed by atoms with Crippen LogP contribution in [-0.4, -0.2) is 39.3 Å². The SMILES string of the molecule is O=S(=O)(NC[C@@H]1CCNC[C@H]1O)c1cccc2ccccc12. The van der Waals surface area contributed by atoms with E-state index in [-0.39, 0.29) is 17.4 Å². The van der Waals surface area contributed by atoms with Crippen molar-refractivity contribution in [2.24, 2.45) is 5.92 Å². The normalized spacial score (nSPS) is 22.8. The molecule has 0 aliphatic carbocycles. The lowest BCUT2D eigenvalue weighted by Crippen LogP contribution is -2.45. The lowest BCUT2D eigenvalue weighted by Gasteiger charge is -2.28. The Bertz CT molecular complexity index is 756. The van der Waals surface area contributed by atoms with Crippen LogP contribution in [0.2, 0.25) is 0 Å². The fourth-order valence-corrected chi connectivity index (χ4v) is 4.18. The first kappa shape index (κ1) is 15.4. The number of β-amino-alcohol motifs (C(OH)–C–C–N with tert-alkyl or cyclic N) is 1. The number of hydrogen-bond acceptors (Lipinski definition) is 4. The summed E-state index contributed by atoms with van der Waals surface area (Å²) < 4.78 is 27.8. The molecule has 0 radical (unpaired) electrons. The summed E-state index contributed by atoms with van der Waals surface area (Å²) in [6, 6.07) is 12.7. The number of fused-ring (bicyclic) bond motifs is 1. The van der Waals surface area contributed by atoms with Crippen LogP contribution in [0.3, 0.4) is 0 Å². The number of aliphatic hydroxyl groups is 1. The predicted molar refractivity (Wildman–Crippen MR) is 86.1 cm³/mol. The summed E-state index contributed by atoms with van der Waals surface area (Å²) in [6.45, 7) is 1.58. The standard InChI is InChI=1S/C16H20N2O3S/c19-15-11-17-9-8-13(15)10-18-22(20,21)16-7-3-5-12-4-1-2-6-14(12)16/h1-7,13,15,17-19H,8-11H2/t13-,15+/m0/s1. The van der Waals surface area contributed by atoms with Gasteiger partial charge in [-0.2, -0.15) is 0 Å². The largest absolute Gasteiger partial charge is 0.391 e. The van der Waals surface area contributed by atoms with Gasteiger partial charge in [0, 0.05) is 24.4 Å². The van der Waals surface area contributed by atoms with E-state index in [1.54, 1.807) is 12.1 Å². The van der Waals surface area contributed by atoms with E-state index in [1.807, 2.05) is 30.3 Å². The lowest BCUT2D eigenvalue weighted by molar-refractivity contribution is 0.0844. The summed E-state index contributed by atoms with van der Waals surface area (Å²) in [4.78, 5) is 0.286. The van der Waals surface area contributed by atoms with E-state index in [9.17, 15) is 13.5 Å². The molecule has 2 atom stereocenters. The van der Waals surface area contributed by atoms with Crippen LogP contribution >= 0.6 is 0 Å². The highest BCUT2D eigenvalue weighted by Gasteiger charge is 2.25. The number of sulfonamides is 1. The molecule has 1 fully saturated rings. The number of piperidine rings is 1. The molecule has 6 heteroatoms. The Labute approximate surface area is 130 Å². The summed E-state index contributed by atoms with van der Waals surface area (Å²) in [5.41, 5.74) is 0. The highest BCUT2D eigenvalue weighted by Crippen LogP contribution is 2.23. The minimum Gasteiger partial charge on any atom is -0.391 e. The summed E-state index contributed by atoms with van der Waals surface area (Å²) in [6.07, 6.45) is 0.253. The number of benzene rings is 2. The van der Waals surface area contributed by atoms with Gasteiger partial charge in [0.2, 0.25) is 10.0 Å². The number of aliphatic hydroxyl groups excluding tert-OH is 1. The van der Waals surface area contributed by atoms with Gasteiger partial charge in [-0.3, -0.25) is 0 Å². The fraction of sp³-hybridized carbons (Fsp3) is 0.375.